The Balaban J connectivity index is 1.96. The van der Waals surface area contributed by atoms with Crippen molar-refractivity contribution < 1.29 is 0 Å². The van der Waals surface area contributed by atoms with Gasteiger partial charge in [0.1, 0.15) is 8.07 Å². The van der Waals surface area contributed by atoms with Gasteiger partial charge in [-0.3, -0.25) is 0 Å². The molecule has 1 nitrogen and oxygen atoms in total. The van der Waals surface area contributed by atoms with Crippen LogP contribution in [0.15, 0.2) is 72.8 Å². The molecule has 1 aliphatic heterocycles. The Bertz CT molecular complexity index is 1120. The minimum Gasteiger partial charge on any atom is -0.317 e. The second-order valence-corrected chi connectivity index (χ2v) is 11.8. The van der Waals surface area contributed by atoms with Gasteiger partial charge in [0.25, 0.3) is 0 Å². The van der Waals surface area contributed by atoms with Crippen LogP contribution in [0.25, 0.3) is 27.7 Å². The molecule has 25 heavy (non-hydrogen) atoms. The zero-order valence-corrected chi connectivity index (χ0v) is 15.9. The first-order chi connectivity index (χ1) is 12.1. The molecule has 0 unspecified atom stereocenters. The van der Waals surface area contributed by atoms with E-state index in [1.54, 1.807) is 10.5 Å². The topological polar surface area (TPSA) is 4.93 Å². The van der Waals surface area contributed by atoms with Crippen LogP contribution in [0, 0.1) is 6.92 Å². The molecule has 0 saturated heterocycles. The fourth-order valence-electron chi connectivity index (χ4n) is 4.44. The van der Waals surface area contributed by atoms with Gasteiger partial charge in [-0.15, -0.1) is 0 Å². The van der Waals surface area contributed by atoms with Gasteiger partial charge in [-0.1, -0.05) is 73.3 Å². The van der Waals surface area contributed by atoms with Crippen molar-refractivity contribution in [3.05, 3.63) is 78.4 Å². The minimum absolute atomic E-state index is 1.27. The van der Waals surface area contributed by atoms with Crippen LogP contribution in [0.5, 0.6) is 0 Å². The van der Waals surface area contributed by atoms with Crippen LogP contribution in [0.1, 0.15) is 5.56 Å². The number of benzene rings is 3. The summed E-state index contributed by atoms with van der Waals surface area (Å²) in [6.07, 6.45) is 0. The summed E-state index contributed by atoms with van der Waals surface area (Å²) < 4.78 is 2.52. The third kappa shape index (κ3) is 1.89. The standard InChI is InChI=1S/C23H21NSi/c1-16-12-14-17(15-13-16)24-20-10-6-4-8-18(20)22-19-9-5-7-11-21(19)25(2,3)23(22)24/h4-15H,1-3H3. The van der Waals surface area contributed by atoms with Crippen molar-refractivity contribution in [1.29, 1.82) is 0 Å². The van der Waals surface area contributed by atoms with Crippen LogP contribution < -0.4 is 10.5 Å². The number of fused-ring (bicyclic) bond motifs is 5. The van der Waals surface area contributed by atoms with Crippen molar-refractivity contribution in [3.63, 3.8) is 0 Å². The Kier molecular flexibility index (Phi) is 2.92. The van der Waals surface area contributed by atoms with Crippen molar-refractivity contribution in [3.8, 4) is 16.8 Å². The molecular formula is C23H21NSi. The normalized spacial score (nSPS) is 14.5. The Hall–Kier alpha value is -2.58. The first-order valence-corrected chi connectivity index (χ1v) is 11.9. The Morgan fingerprint density at radius 3 is 2.24 bits per heavy atom. The molecular weight excluding hydrogens is 318 g/mol. The van der Waals surface area contributed by atoms with Gasteiger partial charge in [-0.2, -0.15) is 0 Å². The highest BCUT2D eigenvalue weighted by atomic mass is 28.3. The second kappa shape index (κ2) is 4.96. The Morgan fingerprint density at radius 2 is 1.44 bits per heavy atom. The highest BCUT2D eigenvalue weighted by Gasteiger charge is 2.42. The van der Waals surface area contributed by atoms with E-state index in [0.717, 1.165) is 0 Å². The molecule has 0 saturated carbocycles. The van der Waals surface area contributed by atoms with Gasteiger partial charge in [0, 0.05) is 22.0 Å². The summed E-state index contributed by atoms with van der Waals surface area (Å²) in [5.41, 5.74) is 6.80. The summed E-state index contributed by atoms with van der Waals surface area (Å²) >= 11 is 0. The van der Waals surface area contributed by atoms with E-state index in [9.17, 15) is 0 Å². The second-order valence-electron chi connectivity index (χ2n) is 7.58. The number of aromatic nitrogens is 1. The smallest absolute Gasteiger partial charge is 0.134 e. The molecule has 2 heterocycles. The third-order valence-electron chi connectivity index (χ3n) is 5.63. The van der Waals surface area contributed by atoms with Crippen LogP contribution in [0.2, 0.25) is 13.1 Å². The average molecular weight is 340 g/mol. The molecule has 5 rings (SSSR count). The summed E-state index contributed by atoms with van der Waals surface area (Å²) in [4.78, 5) is 0. The van der Waals surface area contributed by atoms with Crippen molar-refractivity contribution in [2.75, 3.05) is 0 Å². The maximum absolute atomic E-state index is 2.52. The molecule has 1 aliphatic rings. The molecule has 3 aromatic carbocycles. The maximum Gasteiger partial charge on any atom is 0.134 e. The van der Waals surface area contributed by atoms with E-state index in [2.05, 4.69) is 97.4 Å². The lowest BCUT2D eigenvalue weighted by atomic mass is 10.1. The number of nitrogens with zero attached hydrogens (tertiary/aromatic N) is 1. The van der Waals surface area contributed by atoms with E-state index in [1.807, 2.05) is 0 Å². The van der Waals surface area contributed by atoms with E-state index in [1.165, 1.54) is 33.3 Å². The number of para-hydroxylation sites is 1. The fourth-order valence-corrected chi connectivity index (χ4v) is 7.79. The Labute approximate surface area is 149 Å². The highest BCUT2D eigenvalue weighted by molar-refractivity contribution is 7.03. The van der Waals surface area contributed by atoms with E-state index in [0.29, 0.717) is 0 Å². The maximum atomic E-state index is 2.52. The van der Waals surface area contributed by atoms with Gasteiger partial charge in [-0.25, -0.2) is 0 Å². The highest BCUT2D eigenvalue weighted by Crippen LogP contribution is 2.37. The quantitative estimate of drug-likeness (QED) is 0.441. The average Bonchev–Trinajstić information content (AvgIpc) is 3.09. The van der Waals surface area contributed by atoms with E-state index < -0.39 is 8.07 Å². The van der Waals surface area contributed by atoms with Gasteiger partial charge < -0.3 is 4.57 Å². The van der Waals surface area contributed by atoms with E-state index >= 15 is 0 Å². The van der Waals surface area contributed by atoms with Crippen LogP contribution in [0.3, 0.4) is 0 Å². The summed E-state index contributed by atoms with van der Waals surface area (Å²) in [5.74, 6) is 0. The fraction of sp³-hybridized carbons (Fsp3) is 0.130. The first-order valence-electron chi connectivity index (χ1n) is 8.90. The SMILES string of the molecule is Cc1ccc(-n2c3c(c4ccccc42)-c2ccccc2[Si]3(C)C)cc1. The van der Waals surface area contributed by atoms with Crippen molar-refractivity contribution in [2.24, 2.45) is 0 Å². The number of aryl methyl sites for hydroxylation is 1. The molecule has 0 bridgehead atoms. The summed E-state index contributed by atoms with van der Waals surface area (Å²) in [7, 11) is -1.74. The first kappa shape index (κ1) is 14.7. The van der Waals surface area contributed by atoms with Gasteiger partial charge in [0.2, 0.25) is 0 Å². The van der Waals surface area contributed by atoms with Gasteiger partial charge >= 0.3 is 0 Å². The lowest BCUT2D eigenvalue weighted by molar-refractivity contribution is 1.16. The lowest BCUT2D eigenvalue weighted by Crippen LogP contribution is -2.52. The zero-order chi connectivity index (χ0) is 17.2. The lowest BCUT2D eigenvalue weighted by Gasteiger charge is -2.22. The van der Waals surface area contributed by atoms with E-state index in [4.69, 9.17) is 0 Å². The van der Waals surface area contributed by atoms with Crippen LogP contribution in [0.4, 0.5) is 0 Å². The number of rotatable bonds is 1. The largest absolute Gasteiger partial charge is 0.317 e. The Morgan fingerprint density at radius 1 is 0.760 bits per heavy atom. The molecule has 1 aromatic heterocycles. The van der Waals surface area contributed by atoms with Crippen LogP contribution in [-0.4, -0.2) is 12.6 Å². The molecule has 4 aromatic rings. The molecule has 0 amide bonds. The summed E-state index contributed by atoms with van der Waals surface area (Å²) in [6, 6.07) is 26.8. The minimum atomic E-state index is -1.74. The van der Waals surface area contributed by atoms with E-state index in [-0.39, 0.29) is 0 Å². The van der Waals surface area contributed by atoms with Crippen molar-refractivity contribution >= 4 is 29.5 Å². The van der Waals surface area contributed by atoms with Crippen molar-refractivity contribution in [2.45, 2.75) is 20.0 Å². The van der Waals surface area contributed by atoms with Gasteiger partial charge in [0.15, 0.2) is 0 Å². The van der Waals surface area contributed by atoms with Gasteiger partial charge in [-0.05, 0) is 35.9 Å². The molecule has 0 radical (unpaired) electrons. The van der Waals surface area contributed by atoms with Gasteiger partial charge in [0.05, 0.1) is 5.52 Å². The zero-order valence-electron chi connectivity index (χ0n) is 14.9. The predicted molar refractivity (Wildman–Crippen MR) is 110 cm³/mol. The summed E-state index contributed by atoms with van der Waals surface area (Å²) in [6.45, 7) is 7.12. The van der Waals surface area contributed by atoms with Crippen LogP contribution >= 0.6 is 0 Å². The number of hydrogen-bond donors (Lipinski definition) is 0. The number of hydrogen-bond acceptors (Lipinski definition) is 0. The van der Waals surface area contributed by atoms with Crippen molar-refractivity contribution in [1.82, 2.24) is 4.57 Å². The summed E-state index contributed by atoms with van der Waals surface area (Å²) in [5, 5.41) is 4.48. The molecule has 122 valence electrons. The molecule has 2 heteroatoms. The van der Waals surface area contributed by atoms with Crippen LogP contribution in [-0.2, 0) is 0 Å². The molecule has 0 aliphatic carbocycles. The molecule has 0 atom stereocenters. The monoisotopic (exact) mass is 339 g/mol. The third-order valence-corrected chi connectivity index (χ3v) is 9.07. The molecule has 0 fully saturated rings. The molecule has 0 spiro atoms. The molecule has 0 N–H and O–H groups in total. The predicted octanol–water partition coefficient (Wildman–Crippen LogP) is 4.74.